The van der Waals surface area contributed by atoms with E-state index >= 15 is 0 Å². The van der Waals surface area contributed by atoms with Crippen molar-refractivity contribution in [3.63, 3.8) is 0 Å². The van der Waals surface area contributed by atoms with Crippen LogP contribution in [0.2, 0.25) is 25.8 Å². The number of nitrogens with zero attached hydrogens (tertiary/aromatic N) is 15. The van der Waals surface area contributed by atoms with E-state index in [4.69, 9.17) is 113 Å². The molecule has 2 aromatic carbocycles. The highest BCUT2D eigenvalue weighted by Gasteiger charge is 2.52. The van der Waals surface area contributed by atoms with E-state index in [-0.39, 0.29) is 81.4 Å². The van der Waals surface area contributed by atoms with Gasteiger partial charge in [-0.1, -0.05) is 122 Å². The van der Waals surface area contributed by atoms with Crippen molar-refractivity contribution in [3.05, 3.63) is 171 Å². The number of ether oxygens (including phenoxy) is 7. The number of amides is 1. The van der Waals surface area contributed by atoms with Gasteiger partial charge >= 0.3 is 25.8 Å². The fourth-order valence-electron chi connectivity index (χ4n) is 9.24. The number of hydrogen-bond donors (Lipinski definition) is 7. The Morgan fingerprint density at radius 1 is 0.536 bits per heavy atom. The molecule has 0 aliphatic carbocycles. The lowest BCUT2D eigenvalue weighted by Crippen LogP contribution is -2.46. The van der Waals surface area contributed by atoms with E-state index in [1.807, 2.05) is 88.3 Å². The van der Waals surface area contributed by atoms with Crippen LogP contribution in [0.3, 0.4) is 0 Å². The van der Waals surface area contributed by atoms with E-state index in [0.29, 0.717) is 115 Å². The van der Waals surface area contributed by atoms with Crippen LogP contribution >= 0.6 is 58.0 Å². The number of alkyl halides is 6. The summed E-state index contributed by atoms with van der Waals surface area (Å²) in [6, 6.07) is 13.8. The second-order valence-electron chi connectivity index (χ2n) is 26.4. The number of anilines is 2. The summed E-state index contributed by atoms with van der Waals surface area (Å²) < 4.78 is 123. The number of carboxylic acids is 1. The summed E-state index contributed by atoms with van der Waals surface area (Å²) in [4.78, 5) is 56.7. The van der Waals surface area contributed by atoms with Gasteiger partial charge in [0.05, 0.1) is 73.6 Å². The monoisotopic (exact) mass is 1880 g/mol. The number of benzene rings is 2. The second-order valence-corrected chi connectivity index (χ2v) is 28.4. The molecule has 9 heterocycles. The number of nitrogens with two attached hydrogens (primary N) is 1. The average Bonchev–Trinajstić information content (AvgIpc) is 1.62. The Labute approximate surface area is 755 Å². The van der Waals surface area contributed by atoms with E-state index in [1.165, 1.54) is 75.3 Å². The molecule has 0 spiro atoms. The fourth-order valence-corrected chi connectivity index (χ4v) is 9.78. The van der Waals surface area contributed by atoms with Gasteiger partial charge in [0.15, 0.2) is 40.2 Å². The first-order valence-corrected chi connectivity index (χ1v) is 36.7. The van der Waals surface area contributed by atoms with Crippen molar-refractivity contribution in [2.24, 2.45) is 5.84 Å². The summed E-state index contributed by atoms with van der Waals surface area (Å²) in [5.41, 5.74) is 17.7. The normalized spacial score (nSPS) is 11.9. The highest BCUT2D eigenvalue weighted by molar-refractivity contribution is 6.62. The number of carbonyl (C=O) groups is 2. The third-order valence-corrected chi connectivity index (χ3v) is 16.5. The van der Waals surface area contributed by atoms with Gasteiger partial charge in [-0.15, -0.1) is 46.7 Å². The first-order valence-electron chi connectivity index (χ1n) is 34.8. The van der Waals surface area contributed by atoms with Crippen LogP contribution in [0.1, 0.15) is 187 Å². The number of methoxy groups -OCH3 is 1. The predicted molar refractivity (Wildman–Crippen MR) is 480 cm³/mol. The summed E-state index contributed by atoms with van der Waals surface area (Å²) in [7, 11) is 0.998. The van der Waals surface area contributed by atoms with Crippen LogP contribution in [-0.2, 0) is 49.0 Å². The summed E-state index contributed by atoms with van der Waals surface area (Å²) in [5.74, 6) is 6.14. The minimum atomic E-state index is -4.73. The van der Waals surface area contributed by atoms with E-state index in [1.54, 1.807) is 99.7 Å². The van der Waals surface area contributed by atoms with Crippen LogP contribution in [0.25, 0.3) is 22.6 Å². The molecule has 46 heteroatoms. The molecule has 125 heavy (non-hydrogen) atoms. The van der Waals surface area contributed by atoms with Crippen molar-refractivity contribution in [1.82, 2.24) is 79.5 Å². The van der Waals surface area contributed by atoms with E-state index in [2.05, 4.69) is 91.0 Å². The lowest BCUT2D eigenvalue weighted by atomic mass is 9.76. The Balaban J connectivity index is -0.000000262. The summed E-state index contributed by atoms with van der Waals surface area (Å²) in [5, 5.41) is 26.6. The first-order chi connectivity index (χ1) is 54.6. The standard InChI is InChI=1S/C18H19F3N4O2.C14H18BF3O3.C10H15ClN4O2.C10H13ClN4O.C6H7NO.C6H12O3.C4H2Cl2N2.C4H5ClN4.7CH4.H2N2.H2O.H2/c1-5-26-17(3,4)16-24-23-15-9-22-14(10-25(15)16)13-7-6-12(8-11(13)2)27-18(19,20)21;1-9-8-10(19-14(16,17)18)6-7-11(9)15-20-12(2,3)13(4,5)21-15;1-4-17-10(2,3)9(16)15-14-8-6-12-7(11)5-13-8;1-4-16-10(2,3)9-14-13-8-5-12-7(11)6-15(8)9;1-8-6-4-2-3-5-7-6;1-4-9-6(2,3)5(7)8;5-3-1-7-4(6)2-8-3;5-3-1-8-4(9-6)2-7-3;;;;;;;;1-2;;/h6-10H,5H2,1-4H3;6-8H,1-5H3;5-6H,4H2,1-3H3,(H,13,14)(H,15,16);5-6H,4H2,1-3H3;2-5H,1H3;4H2,1-3H3,(H,7,8);1-2H;1-2H,6H2,(H,8,9);7*1H4;1-2H;1H2;1H. The molecular formula is C79H125BCl5F6N21O13. The number of hydrogen-bond acceptors (Lipinski definition) is 29. The van der Waals surface area contributed by atoms with Crippen molar-refractivity contribution in [2.45, 2.75) is 223 Å². The maximum Gasteiger partial charge on any atom is 0.573 e. The molecule has 1 fully saturated rings. The number of hydrazine groups is 2. The van der Waals surface area contributed by atoms with Gasteiger partial charge in [-0.25, -0.2) is 61.6 Å². The van der Waals surface area contributed by atoms with Gasteiger partial charge in [0.1, 0.15) is 54.1 Å². The Hall–Kier alpha value is -9.76. The summed E-state index contributed by atoms with van der Waals surface area (Å²) >= 11 is 27.6. The number of rotatable bonds is 20. The summed E-state index contributed by atoms with van der Waals surface area (Å²) in [6.07, 6.45) is 7.29. The van der Waals surface area contributed by atoms with Crippen LogP contribution in [-0.4, -0.2) is 172 Å². The van der Waals surface area contributed by atoms with Gasteiger partial charge in [0, 0.05) is 58.1 Å². The first kappa shape index (κ1) is 126. The minimum Gasteiger partial charge on any atom is -0.481 e. The molecule has 0 unspecified atom stereocenters. The molecule has 0 saturated carbocycles. The average molecular weight is 1880 g/mol. The number of aromatic nitrogens is 15. The second kappa shape index (κ2) is 57.8. The number of fused-ring (bicyclic) bond motifs is 2. The van der Waals surface area contributed by atoms with Gasteiger partial charge in [0.25, 0.3) is 5.91 Å². The lowest BCUT2D eigenvalue weighted by molar-refractivity contribution is -0.275. The Morgan fingerprint density at radius 2 is 0.936 bits per heavy atom. The van der Waals surface area contributed by atoms with E-state index in [0.717, 1.165) is 0 Å². The van der Waals surface area contributed by atoms with Gasteiger partial charge in [-0.05, 0) is 178 Å². The number of pyridine rings is 1. The van der Waals surface area contributed by atoms with Crippen molar-refractivity contribution in [1.29, 1.82) is 11.1 Å². The SMILES string of the molecule is C.C.C.C.C.C.C.CCOC(C)(C)C(=O)NNc1cnc(Cl)cn1.CCOC(C)(C)C(=O)O.CCOC(C)(C)c1nnc2cnc(-c3ccc(OC(F)(F)F)cc3C)cn12.CCOC(C)(C)c1nnc2cnc(Cl)cn12.COc1ccccn1.Cc1cc(OC(F)(F)F)ccc1B1OC(C)(C)C(C)(C)O1.Clc1cnc(Cl)cn1.N=N.NNc1cnc(Cl)cn1.O.[HH]. The molecule has 1 saturated heterocycles. The number of nitrogens with one attached hydrogen (secondary N) is 5. The molecule has 0 atom stereocenters. The molecule has 0 bridgehead atoms. The Bertz CT molecular complexity index is 4670. The van der Waals surface area contributed by atoms with E-state index in [9.17, 15) is 35.9 Å². The number of carboxylic acid groups (broad SMARTS) is 1. The van der Waals surface area contributed by atoms with Crippen molar-refractivity contribution in [2.75, 3.05) is 44.4 Å². The molecule has 10 N–H and O–H groups in total. The Morgan fingerprint density at radius 3 is 1.30 bits per heavy atom. The van der Waals surface area contributed by atoms with Gasteiger partial charge in [-0.2, -0.15) is 0 Å². The fraction of sp³-hybridized carbons (Fsp3) is 0.481. The molecule has 0 radical (unpaired) electrons. The van der Waals surface area contributed by atoms with Gasteiger partial charge < -0.3 is 58.5 Å². The van der Waals surface area contributed by atoms with Crippen LogP contribution < -0.4 is 41.8 Å². The number of carbonyl (C=O) groups excluding carboxylic acids is 1. The zero-order valence-electron chi connectivity index (χ0n) is 67.8. The number of aryl methyl sites for hydroxylation is 2. The van der Waals surface area contributed by atoms with Crippen LogP contribution in [0.4, 0.5) is 38.0 Å². The Kier molecular flexibility index (Phi) is 58.3. The largest absolute Gasteiger partial charge is 0.573 e. The zero-order chi connectivity index (χ0) is 88.5. The van der Waals surface area contributed by atoms with Gasteiger partial charge in [0.2, 0.25) is 5.88 Å². The third-order valence-electron chi connectivity index (χ3n) is 15.5. The minimum absolute atomic E-state index is 0. The highest BCUT2D eigenvalue weighted by Crippen LogP contribution is 2.38. The smallest absolute Gasteiger partial charge is 0.481 e. The molecule has 8 aromatic heterocycles. The van der Waals surface area contributed by atoms with Crippen molar-refractivity contribution in [3.8, 4) is 28.6 Å². The number of nitrogen functional groups attached to an aromatic ring is 1. The lowest BCUT2D eigenvalue weighted by Gasteiger charge is -2.32. The maximum atomic E-state index is 12.4. The quantitative estimate of drug-likeness (QED) is 0.0122. The maximum absolute atomic E-state index is 12.4. The molecule has 10 aromatic rings. The molecule has 1 amide bonds. The van der Waals surface area contributed by atoms with Gasteiger partial charge in [-0.3, -0.25) is 29.4 Å². The van der Waals surface area contributed by atoms with Crippen molar-refractivity contribution >= 4 is 105 Å². The third kappa shape index (κ3) is 42.4. The van der Waals surface area contributed by atoms with Crippen LogP contribution in [0.15, 0.2) is 123 Å². The number of aliphatic carboxylic acids is 1. The molecule has 34 nitrogen and oxygen atoms in total. The molecule has 1 aliphatic rings. The molecular weight excluding hydrogens is 1750 g/mol. The number of halogens is 11. The molecule has 704 valence electrons. The van der Waals surface area contributed by atoms with Crippen LogP contribution in [0, 0.1) is 24.9 Å². The van der Waals surface area contributed by atoms with Crippen LogP contribution in [0.5, 0.6) is 17.4 Å². The van der Waals surface area contributed by atoms with E-state index < -0.39 is 59.4 Å². The predicted octanol–water partition coefficient (Wildman–Crippen LogP) is 19.5. The zero-order valence-corrected chi connectivity index (χ0v) is 71.6. The topological polar surface area (TPSA) is 455 Å². The molecule has 1 aliphatic heterocycles. The molecule has 11 rings (SSSR count). The van der Waals surface area contributed by atoms with Crippen molar-refractivity contribution < 1.29 is 90.4 Å². The summed E-state index contributed by atoms with van der Waals surface area (Å²) in [6.45, 7) is 34.6. The highest BCUT2D eigenvalue weighted by atomic mass is 35.5.